The number of halogens is 4. The third kappa shape index (κ3) is 4.23. The predicted octanol–water partition coefficient (Wildman–Crippen LogP) is 2.58. The molecule has 0 aliphatic rings. The van der Waals surface area contributed by atoms with Crippen LogP contribution in [0.1, 0.15) is 16.8 Å². The van der Waals surface area contributed by atoms with Crippen LogP contribution in [0.2, 0.25) is 0 Å². The molecular weight excluding hydrogens is 272 g/mol. The Morgan fingerprint density at radius 3 is 2.47 bits per heavy atom. The standard InChI is InChI=1S/C11H8F4O4/c12-10(13)11(14,15)19-7-3-1-2-6(4-7)8(16)5-9(17)18/h1-4,10H,5H2,(H,17,18). The molecule has 8 heteroatoms. The van der Waals surface area contributed by atoms with Gasteiger partial charge in [0.05, 0.1) is 0 Å². The topological polar surface area (TPSA) is 63.6 Å². The summed E-state index contributed by atoms with van der Waals surface area (Å²) in [6.45, 7) is 0. The van der Waals surface area contributed by atoms with E-state index in [1.807, 2.05) is 0 Å². The molecule has 1 N–H and O–H groups in total. The maximum absolute atomic E-state index is 12.6. The summed E-state index contributed by atoms with van der Waals surface area (Å²) in [5.74, 6) is -2.89. The minimum atomic E-state index is -4.69. The van der Waals surface area contributed by atoms with Crippen LogP contribution >= 0.6 is 0 Å². The highest BCUT2D eigenvalue weighted by Gasteiger charge is 2.44. The van der Waals surface area contributed by atoms with Crippen LogP contribution in [0.4, 0.5) is 17.6 Å². The molecule has 0 aromatic heterocycles. The number of hydrogen-bond donors (Lipinski definition) is 1. The summed E-state index contributed by atoms with van der Waals surface area (Å²) < 4.78 is 52.8. The summed E-state index contributed by atoms with van der Waals surface area (Å²) in [6.07, 6.45) is -9.55. The maximum Gasteiger partial charge on any atom is 0.461 e. The summed E-state index contributed by atoms with van der Waals surface area (Å²) >= 11 is 0. The largest absolute Gasteiger partial charge is 0.481 e. The zero-order valence-corrected chi connectivity index (χ0v) is 9.28. The van der Waals surface area contributed by atoms with Crippen LogP contribution in [0.5, 0.6) is 5.75 Å². The number of rotatable bonds is 6. The monoisotopic (exact) mass is 280 g/mol. The van der Waals surface area contributed by atoms with Crippen molar-refractivity contribution in [1.29, 1.82) is 0 Å². The molecule has 0 bridgehead atoms. The Morgan fingerprint density at radius 2 is 1.95 bits per heavy atom. The Morgan fingerprint density at radius 1 is 1.32 bits per heavy atom. The number of Topliss-reactive ketones (excluding diaryl/α,β-unsaturated/α-hetero) is 1. The molecule has 0 heterocycles. The SMILES string of the molecule is O=C(O)CC(=O)c1cccc(OC(F)(F)C(F)F)c1. The molecule has 0 fully saturated rings. The second-order valence-electron chi connectivity index (χ2n) is 3.49. The van der Waals surface area contributed by atoms with Gasteiger partial charge in [0.15, 0.2) is 5.78 Å². The molecular formula is C11H8F4O4. The van der Waals surface area contributed by atoms with E-state index in [0.717, 1.165) is 18.2 Å². The Labute approximate surface area is 104 Å². The number of benzene rings is 1. The lowest BCUT2D eigenvalue weighted by atomic mass is 10.1. The van der Waals surface area contributed by atoms with Gasteiger partial charge in [-0.2, -0.15) is 17.6 Å². The maximum atomic E-state index is 12.6. The third-order valence-corrected chi connectivity index (χ3v) is 1.98. The van der Waals surface area contributed by atoms with E-state index < -0.39 is 36.5 Å². The number of ether oxygens (including phenoxy) is 1. The van der Waals surface area contributed by atoms with Gasteiger partial charge in [-0.3, -0.25) is 9.59 Å². The van der Waals surface area contributed by atoms with Crippen molar-refractivity contribution in [2.24, 2.45) is 0 Å². The van der Waals surface area contributed by atoms with Crippen molar-refractivity contribution in [3.8, 4) is 5.75 Å². The van der Waals surface area contributed by atoms with E-state index >= 15 is 0 Å². The molecule has 0 spiro atoms. The van der Waals surface area contributed by atoms with E-state index in [1.165, 1.54) is 6.07 Å². The Balaban J connectivity index is 2.89. The zero-order chi connectivity index (χ0) is 14.6. The number of carboxylic acid groups (broad SMARTS) is 1. The second kappa shape index (κ2) is 5.68. The van der Waals surface area contributed by atoms with Crippen molar-refractivity contribution < 1.29 is 37.0 Å². The lowest BCUT2D eigenvalue weighted by molar-refractivity contribution is -0.253. The lowest BCUT2D eigenvalue weighted by Crippen LogP contribution is -2.33. The molecule has 1 aromatic rings. The van der Waals surface area contributed by atoms with E-state index in [0.29, 0.717) is 0 Å². The zero-order valence-electron chi connectivity index (χ0n) is 9.28. The van der Waals surface area contributed by atoms with E-state index in [1.54, 1.807) is 0 Å². The van der Waals surface area contributed by atoms with Gasteiger partial charge in [0.1, 0.15) is 12.2 Å². The molecule has 0 unspecified atom stereocenters. The van der Waals surface area contributed by atoms with Crippen LogP contribution in [0, 0.1) is 0 Å². The molecule has 104 valence electrons. The average Bonchev–Trinajstić information content (AvgIpc) is 2.27. The lowest BCUT2D eigenvalue weighted by Gasteiger charge is -2.16. The van der Waals surface area contributed by atoms with Gasteiger partial charge in [0, 0.05) is 5.56 Å². The van der Waals surface area contributed by atoms with Crippen LogP contribution < -0.4 is 4.74 Å². The van der Waals surface area contributed by atoms with Gasteiger partial charge in [0.25, 0.3) is 0 Å². The van der Waals surface area contributed by atoms with Crippen molar-refractivity contribution in [2.45, 2.75) is 19.0 Å². The van der Waals surface area contributed by atoms with Gasteiger partial charge >= 0.3 is 18.5 Å². The molecule has 1 aromatic carbocycles. The number of carboxylic acids is 1. The Hall–Kier alpha value is -2.12. The summed E-state index contributed by atoms with van der Waals surface area (Å²) in [5, 5.41) is 8.40. The first kappa shape index (κ1) is 14.9. The van der Waals surface area contributed by atoms with Gasteiger partial charge in [0.2, 0.25) is 0 Å². The van der Waals surface area contributed by atoms with Gasteiger partial charge in [-0.05, 0) is 12.1 Å². The van der Waals surface area contributed by atoms with E-state index in [2.05, 4.69) is 4.74 Å². The van der Waals surface area contributed by atoms with Crippen molar-refractivity contribution in [1.82, 2.24) is 0 Å². The highest BCUT2D eigenvalue weighted by molar-refractivity contribution is 6.05. The first-order chi connectivity index (χ1) is 8.72. The minimum Gasteiger partial charge on any atom is -0.481 e. The molecule has 0 aliphatic heterocycles. The van der Waals surface area contributed by atoms with Crippen LogP contribution in [0.3, 0.4) is 0 Å². The summed E-state index contributed by atoms with van der Waals surface area (Å²) in [5.41, 5.74) is -0.218. The van der Waals surface area contributed by atoms with Crippen LogP contribution in [0.25, 0.3) is 0 Å². The molecule has 0 aliphatic carbocycles. The molecule has 4 nitrogen and oxygen atoms in total. The predicted molar refractivity (Wildman–Crippen MR) is 54.6 cm³/mol. The van der Waals surface area contributed by atoms with Crippen LogP contribution in [0.15, 0.2) is 24.3 Å². The molecule has 0 atom stereocenters. The second-order valence-corrected chi connectivity index (χ2v) is 3.49. The van der Waals surface area contributed by atoms with Crippen LogP contribution in [-0.2, 0) is 4.79 Å². The average molecular weight is 280 g/mol. The number of alkyl halides is 4. The van der Waals surface area contributed by atoms with Gasteiger partial charge < -0.3 is 9.84 Å². The highest BCUT2D eigenvalue weighted by atomic mass is 19.3. The fourth-order valence-electron chi connectivity index (χ4n) is 1.17. The van der Waals surface area contributed by atoms with E-state index in [9.17, 15) is 27.2 Å². The van der Waals surface area contributed by atoms with Crippen molar-refractivity contribution in [2.75, 3.05) is 0 Å². The Kier molecular flexibility index (Phi) is 4.47. The number of ketones is 1. The van der Waals surface area contributed by atoms with Gasteiger partial charge in [-0.1, -0.05) is 12.1 Å². The molecule has 0 saturated carbocycles. The molecule has 0 saturated heterocycles. The summed E-state index contributed by atoms with van der Waals surface area (Å²) in [7, 11) is 0. The first-order valence-corrected chi connectivity index (χ1v) is 4.92. The van der Waals surface area contributed by atoms with Crippen molar-refractivity contribution in [3.63, 3.8) is 0 Å². The number of carbonyl (C=O) groups excluding carboxylic acids is 1. The Bertz CT molecular complexity index is 487. The van der Waals surface area contributed by atoms with E-state index in [4.69, 9.17) is 5.11 Å². The quantitative estimate of drug-likeness (QED) is 0.494. The smallest absolute Gasteiger partial charge is 0.461 e. The number of carbonyl (C=O) groups is 2. The molecule has 0 amide bonds. The number of hydrogen-bond acceptors (Lipinski definition) is 3. The van der Waals surface area contributed by atoms with Gasteiger partial charge in [-0.25, -0.2) is 0 Å². The molecule has 0 radical (unpaired) electrons. The van der Waals surface area contributed by atoms with Gasteiger partial charge in [-0.15, -0.1) is 0 Å². The fraction of sp³-hybridized carbons (Fsp3) is 0.273. The summed E-state index contributed by atoms with van der Waals surface area (Å²) in [6, 6.07) is 4.01. The summed E-state index contributed by atoms with van der Waals surface area (Å²) in [4.78, 5) is 21.6. The van der Waals surface area contributed by atoms with E-state index in [-0.39, 0.29) is 5.56 Å². The normalized spacial score (nSPS) is 11.4. The highest BCUT2D eigenvalue weighted by Crippen LogP contribution is 2.28. The fourth-order valence-corrected chi connectivity index (χ4v) is 1.17. The number of aliphatic carboxylic acids is 1. The van der Waals surface area contributed by atoms with Crippen molar-refractivity contribution >= 4 is 11.8 Å². The first-order valence-electron chi connectivity index (χ1n) is 4.92. The third-order valence-electron chi connectivity index (χ3n) is 1.98. The molecule has 19 heavy (non-hydrogen) atoms. The minimum absolute atomic E-state index is 0.218. The van der Waals surface area contributed by atoms with Crippen LogP contribution in [-0.4, -0.2) is 29.4 Å². The van der Waals surface area contributed by atoms with Crippen molar-refractivity contribution in [3.05, 3.63) is 29.8 Å². The molecule has 1 rings (SSSR count).